The molecule has 0 atom stereocenters. The van der Waals surface area contributed by atoms with Gasteiger partial charge in [0.05, 0.1) is 24.2 Å². The van der Waals surface area contributed by atoms with E-state index in [0.29, 0.717) is 23.1 Å². The van der Waals surface area contributed by atoms with Gasteiger partial charge in [-0.15, -0.1) is 0 Å². The summed E-state index contributed by atoms with van der Waals surface area (Å²) in [6.45, 7) is 6.54. The lowest BCUT2D eigenvalue weighted by Gasteiger charge is -2.26. The van der Waals surface area contributed by atoms with Crippen LogP contribution in [-0.4, -0.2) is 50.2 Å². The van der Waals surface area contributed by atoms with Crippen molar-refractivity contribution in [2.75, 3.05) is 39.4 Å². The third kappa shape index (κ3) is 4.55. The molecule has 1 aliphatic heterocycles. The number of ether oxygens (including phenoxy) is 1. The summed E-state index contributed by atoms with van der Waals surface area (Å²) in [5, 5.41) is 3.35. The Labute approximate surface area is 146 Å². The molecule has 132 valence electrons. The van der Waals surface area contributed by atoms with Crippen LogP contribution in [0.15, 0.2) is 39.7 Å². The van der Waals surface area contributed by atoms with Crippen LogP contribution >= 0.6 is 0 Å². The molecular weight excluding hydrogens is 320 g/mol. The second-order valence-corrected chi connectivity index (χ2v) is 6.10. The minimum atomic E-state index is -0.225. The lowest BCUT2D eigenvalue weighted by Crippen LogP contribution is -2.41. The molecule has 3 rings (SSSR count). The molecule has 1 aliphatic rings. The Bertz CT molecular complexity index is 835. The lowest BCUT2D eigenvalue weighted by atomic mass is 10.1. The zero-order valence-electron chi connectivity index (χ0n) is 14.3. The predicted octanol–water partition coefficient (Wildman–Crippen LogP) is 1.56. The van der Waals surface area contributed by atoms with E-state index in [1.54, 1.807) is 12.1 Å². The second kappa shape index (κ2) is 8.09. The maximum absolute atomic E-state index is 12.5. The molecule has 1 aromatic carbocycles. The summed E-state index contributed by atoms with van der Waals surface area (Å²) in [6.07, 6.45) is 4.25. The zero-order chi connectivity index (χ0) is 17.6. The Kier molecular flexibility index (Phi) is 5.63. The van der Waals surface area contributed by atoms with Crippen molar-refractivity contribution in [2.45, 2.75) is 6.92 Å². The number of carbonyl (C=O) groups excluding carboxylic acids is 1. The van der Waals surface area contributed by atoms with Crippen LogP contribution in [0.5, 0.6) is 0 Å². The van der Waals surface area contributed by atoms with Gasteiger partial charge in [-0.3, -0.25) is 14.5 Å². The number of amides is 1. The van der Waals surface area contributed by atoms with Crippen LogP contribution in [0.2, 0.25) is 0 Å². The van der Waals surface area contributed by atoms with E-state index in [1.165, 1.54) is 18.4 Å². The standard InChI is InChI=1S/C19H22N2O4/c1-14-2-4-17-16(12-14)19(23)15(13-25-17)3-5-18(22)20-6-7-21-8-10-24-11-9-21/h2-5,12-13H,6-11H2,1H3,(H,20,22)/b5-3+. The number of morpholine rings is 1. The van der Waals surface area contributed by atoms with Crippen molar-refractivity contribution < 1.29 is 13.9 Å². The summed E-state index contributed by atoms with van der Waals surface area (Å²) < 4.78 is 10.8. The molecule has 1 fully saturated rings. The number of nitrogens with one attached hydrogen (secondary N) is 1. The number of benzene rings is 1. The van der Waals surface area contributed by atoms with E-state index >= 15 is 0 Å². The van der Waals surface area contributed by atoms with Gasteiger partial charge in [-0.1, -0.05) is 11.6 Å². The van der Waals surface area contributed by atoms with Crippen LogP contribution in [0.3, 0.4) is 0 Å². The molecular formula is C19H22N2O4. The van der Waals surface area contributed by atoms with Gasteiger partial charge in [0, 0.05) is 32.3 Å². The summed E-state index contributed by atoms with van der Waals surface area (Å²) in [4.78, 5) is 26.6. The van der Waals surface area contributed by atoms with Crippen molar-refractivity contribution in [1.82, 2.24) is 10.2 Å². The third-order valence-electron chi connectivity index (χ3n) is 4.20. The first-order valence-electron chi connectivity index (χ1n) is 8.42. The fourth-order valence-electron chi connectivity index (χ4n) is 2.76. The molecule has 0 radical (unpaired) electrons. The maximum atomic E-state index is 12.5. The predicted molar refractivity (Wildman–Crippen MR) is 96.5 cm³/mol. The van der Waals surface area contributed by atoms with Crippen LogP contribution in [0.25, 0.3) is 17.0 Å². The Morgan fingerprint density at radius 1 is 1.32 bits per heavy atom. The fourth-order valence-corrected chi connectivity index (χ4v) is 2.76. The van der Waals surface area contributed by atoms with E-state index in [0.717, 1.165) is 38.4 Å². The molecule has 0 unspecified atom stereocenters. The first kappa shape index (κ1) is 17.4. The van der Waals surface area contributed by atoms with E-state index in [-0.39, 0.29) is 11.3 Å². The third-order valence-corrected chi connectivity index (χ3v) is 4.20. The van der Waals surface area contributed by atoms with Crippen molar-refractivity contribution in [3.63, 3.8) is 0 Å². The molecule has 25 heavy (non-hydrogen) atoms. The van der Waals surface area contributed by atoms with E-state index in [4.69, 9.17) is 9.15 Å². The number of carbonyl (C=O) groups is 1. The number of aryl methyl sites for hydroxylation is 1. The highest BCUT2D eigenvalue weighted by Crippen LogP contribution is 2.13. The van der Waals surface area contributed by atoms with Gasteiger partial charge in [-0.2, -0.15) is 0 Å². The largest absolute Gasteiger partial charge is 0.463 e. The van der Waals surface area contributed by atoms with Gasteiger partial charge in [0.15, 0.2) is 5.43 Å². The monoisotopic (exact) mass is 342 g/mol. The van der Waals surface area contributed by atoms with Crippen LogP contribution in [0.1, 0.15) is 11.1 Å². The molecule has 1 aromatic heterocycles. The Morgan fingerprint density at radius 3 is 2.92 bits per heavy atom. The second-order valence-electron chi connectivity index (χ2n) is 6.10. The van der Waals surface area contributed by atoms with Crippen molar-refractivity contribution in [3.8, 4) is 0 Å². The van der Waals surface area contributed by atoms with Gasteiger partial charge in [0.2, 0.25) is 5.91 Å². The first-order valence-corrected chi connectivity index (χ1v) is 8.42. The summed E-state index contributed by atoms with van der Waals surface area (Å²) in [5.74, 6) is -0.225. The van der Waals surface area contributed by atoms with Gasteiger partial charge in [0.25, 0.3) is 0 Å². The van der Waals surface area contributed by atoms with Crippen LogP contribution in [0, 0.1) is 6.92 Å². The summed E-state index contributed by atoms with van der Waals surface area (Å²) in [6, 6.07) is 5.46. The minimum Gasteiger partial charge on any atom is -0.463 e. The molecule has 1 amide bonds. The highest BCUT2D eigenvalue weighted by Gasteiger charge is 2.10. The summed E-state index contributed by atoms with van der Waals surface area (Å²) in [5.41, 5.74) is 1.76. The lowest BCUT2D eigenvalue weighted by molar-refractivity contribution is -0.116. The number of hydrogen-bond acceptors (Lipinski definition) is 5. The maximum Gasteiger partial charge on any atom is 0.244 e. The van der Waals surface area contributed by atoms with E-state index in [2.05, 4.69) is 10.2 Å². The first-order chi connectivity index (χ1) is 12.1. The molecule has 0 spiro atoms. The van der Waals surface area contributed by atoms with Crippen LogP contribution in [0.4, 0.5) is 0 Å². The summed E-state index contributed by atoms with van der Waals surface area (Å²) in [7, 11) is 0. The number of nitrogens with zero attached hydrogens (tertiary/aromatic N) is 1. The molecule has 1 saturated heterocycles. The van der Waals surface area contributed by atoms with Gasteiger partial charge in [-0.05, 0) is 25.1 Å². The van der Waals surface area contributed by atoms with Crippen molar-refractivity contribution in [2.24, 2.45) is 0 Å². The van der Waals surface area contributed by atoms with E-state index < -0.39 is 0 Å². The molecule has 2 aromatic rings. The number of fused-ring (bicyclic) bond motifs is 1. The van der Waals surface area contributed by atoms with Crippen molar-refractivity contribution in [1.29, 1.82) is 0 Å². The average molecular weight is 342 g/mol. The van der Waals surface area contributed by atoms with Crippen molar-refractivity contribution in [3.05, 3.63) is 51.9 Å². The van der Waals surface area contributed by atoms with Crippen LogP contribution < -0.4 is 10.7 Å². The zero-order valence-corrected chi connectivity index (χ0v) is 14.3. The molecule has 2 heterocycles. The van der Waals surface area contributed by atoms with Gasteiger partial charge >= 0.3 is 0 Å². The van der Waals surface area contributed by atoms with Gasteiger partial charge in [0.1, 0.15) is 11.8 Å². The number of rotatable bonds is 5. The average Bonchev–Trinajstić information content (AvgIpc) is 2.62. The Hall–Kier alpha value is -2.44. The Morgan fingerprint density at radius 2 is 2.12 bits per heavy atom. The SMILES string of the molecule is Cc1ccc2occ(/C=C/C(=O)NCCN3CCOCC3)c(=O)c2c1. The molecule has 6 nitrogen and oxygen atoms in total. The minimum absolute atomic E-state index is 0.137. The quantitative estimate of drug-likeness (QED) is 0.835. The normalized spacial score (nSPS) is 15.7. The smallest absolute Gasteiger partial charge is 0.244 e. The molecule has 0 aliphatic carbocycles. The molecule has 1 N–H and O–H groups in total. The molecule has 0 bridgehead atoms. The highest BCUT2D eigenvalue weighted by atomic mass is 16.5. The van der Waals surface area contributed by atoms with E-state index in [1.807, 2.05) is 13.0 Å². The molecule has 6 heteroatoms. The van der Waals surface area contributed by atoms with Gasteiger partial charge in [-0.25, -0.2) is 0 Å². The highest BCUT2D eigenvalue weighted by molar-refractivity contribution is 5.92. The van der Waals surface area contributed by atoms with Crippen molar-refractivity contribution >= 4 is 23.0 Å². The Balaban J connectivity index is 1.59. The van der Waals surface area contributed by atoms with E-state index in [9.17, 15) is 9.59 Å². The molecule has 0 saturated carbocycles. The topological polar surface area (TPSA) is 71.8 Å². The number of hydrogen-bond donors (Lipinski definition) is 1. The fraction of sp³-hybridized carbons (Fsp3) is 0.368. The van der Waals surface area contributed by atoms with Crippen LogP contribution in [-0.2, 0) is 9.53 Å². The summed E-state index contributed by atoms with van der Waals surface area (Å²) >= 11 is 0. The van der Waals surface area contributed by atoms with Gasteiger partial charge < -0.3 is 14.5 Å².